The Morgan fingerprint density at radius 3 is 2.60 bits per heavy atom. The molecule has 2 rings (SSSR count). The molecule has 2 saturated carbocycles. The van der Waals surface area contributed by atoms with E-state index in [4.69, 9.17) is 0 Å². The molecular weight excluding hydrogens is 120 g/mol. The van der Waals surface area contributed by atoms with Crippen molar-refractivity contribution in [2.45, 2.75) is 40.0 Å². The van der Waals surface area contributed by atoms with Gasteiger partial charge in [-0.25, -0.2) is 0 Å². The molecule has 0 saturated heterocycles. The van der Waals surface area contributed by atoms with Gasteiger partial charge in [0.2, 0.25) is 0 Å². The summed E-state index contributed by atoms with van der Waals surface area (Å²) in [7, 11) is 0. The van der Waals surface area contributed by atoms with E-state index in [0.717, 1.165) is 23.2 Å². The van der Waals surface area contributed by atoms with Gasteiger partial charge in [-0.3, -0.25) is 0 Å². The average molecular weight is 138 g/mol. The summed E-state index contributed by atoms with van der Waals surface area (Å²) in [6.07, 6.45) is 4.51. The Morgan fingerprint density at radius 1 is 1.30 bits per heavy atom. The van der Waals surface area contributed by atoms with Crippen molar-refractivity contribution in [3.63, 3.8) is 0 Å². The molecule has 0 aromatic heterocycles. The van der Waals surface area contributed by atoms with Crippen LogP contribution in [0.25, 0.3) is 0 Å². The molecule has 2 aliphatic carbocycles. The van der Waals surface area contributed by atoms with Gasteiger partial charge >= 0.3 is 0 Å². The zero-order chi connectivity index (χ0) is 7.35. The monoisotopic (exact) mass is 138 g/mol. The van der Waals surface area contributed by atoms with Gasteiger partial charge in [0, 0.05) is 0 Å². The van der Waals surface area contributed by atoms with Crippen molar-refractivity contribution in [3.05, 3.63) is 0 Å². The van der Waals surface area contributed by atoms with E-state index in [9.17, 15) is 0 Å². The Labute approximate surface area is 64.0 Å². The van der Waals surface area contributed by atoms with E-state index in [1.165, 1.54) is 19.3 Å². The molecule has 4 atom stereocenters. The molecular formula is C10H18. The first-order valence-electron chi connectivity index (χ1n) is 4.63. The van der Waals surface area contributed by atoms with Gasteiger partial charge in [-0.1, -0.05) is 20.8 Å². The zero-order valence-corrected chi connectivity index (χ0v) is 7.35. The highest BCUT2D eigenvalue weighted by Gasteiger charge is 2.55. The van der Waals surface area contributed by atoms with E-state index in [1.54, 1.807) is 0 Å². The smallest absolute Gasteiger partial charge is 0.0292 e. The molecule has 0 N–H and O–H groups in total. The fraction of sp³-hybridized carbons (Fsp3) is 1.00. The molecule has 0 heterocycles. The third-order valence-corrected chi connectivity index (χ3v) is 4.12. The molecule has 0 spiro atoms. The zero-order valence-electron chi connectivity index (χ0n) is 7.35. The maximum Gasteiger partial charge on any atom is -0.0292 e. The normalized spacial score (nSPS) is 59.7. The van der Waals surface area contributed by atoms with Crippen LogP contribution >= 0.6 is 0 Å². The molecule has 10 heavy (non-hydrogen) atoms. The average Bonchev–Trinajstić information content (AvgIpc) is 2.56. The quantitative estimate of drug-likeness (QED) is 0.482. The molecule has 2 fully saturated rings. The lowest BCUT2D eigenvalue weighted by atomic mass is 9.77. The van der Waals surface area contributed by atoms with Crippen molar-refractivity contribution >= 4 is 0 Å². The van der Waals surface area contributed by atoms with Gasteiger partial charge in [0.15, 0.2) is 0 Å². The van der Waals surface area contributed by atoms with Gasteiger partial charge in [0.1, 0.15) is 0 Å². The molecule has 0 aromatic rings. The molecule has 0 nitrogen and oxygen atoms in total. The third-order valence-electron chi connectivity index (χ3n) is 4.12. The number of hydrogen-bond acceptors (Lipinski definition) is 0. The maximum absolute atomic E-state index is 2.47. The van der Waals surface area contributed by atoms with Crippen LogP contribution in [-0.2, 0) is 0 Å². The highest BCUT2D eigenvalue weighted by molar-refractivity contribution is 5.04. The fourth-order valence-corrected chi connectivity index (χ4v) is 2.77. The summed E-state index contributed by atoms with van der Waals surface area (Å²) in [5.41, 5.74) is 0.798. The Balaban J connectivity index is 2.09. The highest BCUT2D eigenvalue weighted by atomic mass is 14.6. The molecule has 0 heteroatoms. The van der Waals surface area contributed by atoms with Crippen LogP contribution in [0.2, 0.25) is 0 Å². The molecule has 0 bridgehead atoms. The molecule has 0 aliphatic heterocycles. The van der Waals surface area contributed by atoms with E-state index in [0.29, 0.717) is 0 Å². The summed E-state index contributed by atoms with van der Waals surface area (Å²) in [5.74, 6) is 3.11. The summed E-state index contributed by atoms with van der Waals surface area (Å²) in [6.45, 7) is 7.34. The predicted molar refractivity (Wildman–Crippen MR) is 43.8 cm³/mol. The lowest BCUT2D eigenvalue weighted by molar-refractivity contribution is 0.210. The van der Waals surface area contributed by atoms with Crippen LogP contribution in [0.15, 0.2) is 0 Å². The minimum absolute atomic E-state index is 0.798. The minimum atomic E-state index is 0.798. The van der Waals surface area contributed by atoms with E-state index in [-0.39, 0.29) is 0 Å². The van der Waals surface area contributed by atoms with Gasteiger partial charge in [-0.15, -0.1) is 0 Å². The molecule has 58 valence electrons. The predicted octanol–water partition coefficient (Wildman–Crippen LogP) is 3.08. The number of fused-ring (bicyclic) bond motifs is 1. The first-order valence-corrected chi connectivity index (χ1v) is 4.63. The fourth-order valence-electron chi connectivity index (χ4n) is 2.77. The maximum atomic E-state index is 2.47. The van der Waals surface area contributed by atoms with Crippen LogP contribution in [0.1, 0.15) is 40.0 Å². The van der Waals surface area contributed by atoms with Gasteiger partial charge in [0.05, 0.1) is 0 Å². The van der Waals surface area contributed by atoms with Crippen LogP contribution < -0.4 is 0 Å². The molecule has 0 aromatic carbocycles. The Hall–Kier alpha value is 0. The van der Waals surface area contributed by atoms with Crippen molar-refractivity contribution in [1.29, 1.82) is 0 Å². The van der Waals surface area contributed by atoms with Crippen LogP contribution in [0.3, 0.4) is 0 Å². The van der Waals surface area contributed by atoms with Crippen LogP contribution in [0.5, 0.6) is 0 Å². The van der Waals surface area contributed by atoms with Crippen LogP contribution in [0.4, 0.5) is 0 Å². The highest BCUT2D eigenvalue weighted by Crippen LogP contribution is 2.64. The second-order valence-corrected chi connectivity index (χ2v) is 4.84. The second-order valence-electron chi connectivity index (χ2n) is 4.84. The summed E-state index contributed by atoms with van der Waals surface area (Å²) >= 11 is 0. The number of hydrogen-bond donors (Lipinski definition) is 0. The molecule has 0 radical (unpaired) electrons. The topological polar surface area (TPSA) is 0 Å². The Kier molecular flexibility index (Phi) is 1.19. The number of rotatable bonds is 0. The largest absolute Gasteiger partial charge is 0.0622 e. The Morgan fingerprint density at radius 2 is 2.00 bits per heavy atom. The van der Waals surface area contributed by atoms with Crippen molar-refractivity contribution < 1.29 is 0 Å². The first kappa shape index (κ1) is 6.69. The van der Waals surface area contributed by atoms with Gasteiger partial charge < -0.3 is 0 Å². The Bertz CT molecular complexity index is 150. The molecule has 4 unspecified atom stereocenters. The third kappa shape index (κ3) is 0.741. The summed E-state index contributed by atoms with van der Waals surface area (Å²) < 4.78 is 0. The lowest BCUT2D eigenvalue weighted by Crippen LogP contribution is -2.20. The molecule has 2 aliphatic rings. The van der Waals surface area contributed by atoms with E-state index < -0.39 is 0 Å². The van der Waals surface area contributed by atoms with Crippen LogP contribution in [0, 0.1) is 23.2 Å². The summed E-state index contributed by atoms with van der Waals surface area (Å²) in [5, 5.41) is 0. The van der Waals surface area contributed by atoms with Crippen molar-refractivity contribution in [2.75, 3.05) is 0 Å². The van der Waals surface area contributed by atoms with Gasteiger partial charge in [-0.2, -0.15) is 0 Å². The second kappa shape index (κ2) is 1.78. The summed E-state index contributed by atoms with van der Waals surface area (Å²) in [6, 6.07) is 0. The standard InChI is InChI=1S/C10H18/c1-7-4-5-10(3)6-9(10)8(7)2/h7-9H,4-6H2,1-3H3. The van der Waals surface area contributed by atoms with Crippen molar-refractivity contribution in [2.24, 2.45) is 23.2 Å². The lowest BCUT2D eigenvalue weighted by Gasteiger charge is -2.29. The summed E-state index contributed by atoms with van der Waals surface area (Å²) in [4.78, 5) is 0. The van der Waals surface area contributed by atoms with E-state index in [1.807, 2.05) is 0 Å². The SMILES string of the molecule is CC1CCC2(C)CC2C1C. The van der Waals surface area contributed by atoms with Gasteiger partial charge in [0.25, 0.3) is 0 Å². The van der Waals surface area contributed by atoms with Crippen molar-refractivity contribution in [3.8, 4) is 0 Å². The van der Waals surface area contributed by atoms with Crippen LogP contribution in [-0.4, -0.2) is 0 Å². The van der Waals surface area contributed by atoms with Gasteiger partial charge in [-0.05, 0) is 42.4 Å². The van der Waals surface area contributed by atoms with Crippen molar-refractivity contribution in [1.82, 2.24) is 0 Å². The molecule has 0 amide bonds. The minimum Gasteiger partial charge on any atom is -0.0622 e. The first-order chi connectivity index (χ1) is 4.63. The van der Waals surface area contributed by atoms with E-state index >= 15 is 0 Å². The van der Waals surface area contributed by atoms with E-state index in [2.05, 4.69) is 20.8 Å².